The number of rotatable bonds is 4. The van der Waals surface area contributed by atoms with Crippen molar-refractivity contribution in [3.8, 4) is 5.75 Å². The minimum Gasteiger partial charge on any atom is -0.487 e. The van der Waals surface area contributed by atoms with E-state index in [1.807, 2.05) is 30.3 Å². The van der Waals surface area contributed by atoms with E-state index in [0.29, 0.717) is 23.5 Å². The number of aromatic nitrogens is 1. The van der Waals surface area contributed by atoms with Gasteiger partial charge in [-0.05, 0) is 25.0 Å². The van der Waals surface area contributed by atoms with Crippen molar-refractivity contribution < 1.29 is 9.30 Å². The van der Waals surface area contributed by atoms with E-state index in [-0.39, 0.29) is 0 Å². The van der Waals surface area contributed by atoms with Gasteiger partial charge in [-0.3, -0.25) is 0 Å². The fourth-order valence-electron chi connectivity index (χ4n) is 1.70. The van der Waals surface area contributed by atoms with E-state index in [1.54, 1.807) is 25.6 Å². The lowest BCUT2D eigenvalue weighted by atomic mass is 10.2. The Balaban J connectivity index is 2.16. The Kier molecular flexibility index (Phi) is 3.91. The summed E-state index contributed by atoms with van der Waals surface area (Å²) < 4.78 is 17.7. The molecule has 1 heterocycles. The molecular weight excluding hydrogens is 259 g/mol. The average molecular weight is 276 g/mol. The maximum absolute atomic E-state index is 12.1. The number of nitrogens with two attached hydrogens (primary N) is 1. The Morgan fingerprint density at radius 3 is 2.58 bits per heavy atom. The third kappa shape index (κ3) is 3.58. The molecular formula is C14H17N2O2P. The molecule has 100 valence electrons. The van der Waals surface area contributed by atoms with Gasteiger partial charge in [0.25, 0.3) is 0 Å². The first-order valence-corrected chi connectivity index (χ1v) is 8.55. The number of benzene rings is 1. The van der Waals surface area contributed by atoms with Crippen LogP contribution in [0.25, 0.3) is 0 Å². The molecule has 0 saturated carbocycles. The highest BCUT2D eigenvalue weighted by Crippen LogP contribution is 2.37. The Bertz CT molecular complexity index is 608. The van der Waals surface area contributed by atoms with E-state index in [1.165, 1.54) is 0 Å². The van der Waals surface area contributed by atoms with Crippen molar-refractivity contribution in [2.24, 2.45) is 0 Å². The highest BCUT2D eigenvalue weighted by Gasteiger charge is 2.16. The Hall–Kier alpha value is -1.80. The van der Waals surface area contributed by atoms with E-state index in [0.717, 1.165) is 5.56 Å². The molecule has 0 saturated heterocycles. The number of ether oxygens (including phenoxy) is 1. The molecule has 2 aromatic rings. The third-order valence-corrected chi connectivity index (χ3v) is 4.22. The molecule has 0 bridgehead atoms. The molecule has 2 rings (SSSR count). The molecule has 0 aliphatic carbocycles. The summed E-state index contributed by atoms with van der Waals surface area (Å²) in [6, 6.07) is 11.5. The van der Waals surface area contributed by atoms with Gasteiger partial charge in [-0.25, -0.2) is 4.98 Å². The van der Waals surface area contributed by atoms with Crippen LogP contribution in [0.4, 0.5) is 5.82 Å². The maximum atomic E-state index is 12.1. The smallest absolute Gasteiger partial charge is 0.139 e. The Morgan fingerprint density at radius 2 is 1.95 bits per heavy atom. The molecule has 4 nitrogen and oxygen atoms in total. The van der Waals surface area contributed by atoms with Crippen molar-refractivity contribution >= 4 is 18.3 Å². The fraction of sp³-hybridized carbons (Fsp3) is 0.214. The molecule has 19 heavy (non-hydrogen) atoms. The maximum Gasteiger partial charge on any atom is 0.139 e. The number of nitrogen functional groups attached to an aromatic ring is 1. The highest BCUT2D eigenvalue weighted by atomic mass is 31.2. The summed E-state index contributed by atoms with van der Waals surface area (Å²) in [5, 5.41) is 0.568. The van der Waals surface area contributed by atoms with Crippen molar-refractivity contribution in [3.05, 3.63) is 48.2 Å². The SMILES string of the molecule is CP(C)(=O)c1cc(OCc2ccccc2)cnc1N. The third-order valence-electron chi connectivity index (χ3n) is 2.70. The van der Waals surface area contributed by atoms with E-state index in [4.69, 9.17) is 10.5 Å². The van der Waals surface area contributed by atoms with E-state index in [9.17, 15) is 4.57 Å². The monoisotopic (exact) mass is 276 g/mol. The lowest BCUT2D eigenvalue weighted by Gasteiger charge is -2.12. The molecule has 0 unspecified atom stereocenters. The zero-order valence-corrected chi connectivity index (χ0v) is 11.9. The van der Waals surface area contributed by atoms with Crippen LogP contribution < -0.4 is 15.8 Å². The van der Waals surface area contributed by atoms with Crippen molar-refractivity contribution in [3.63, 3.8) is 0 Å². The van der Waals surface area contributed by atoms with Gasteiger partial charge in [-0.2, -0.15) is 0 Å². The summed E-state index contributed by atoms with van der Waals surface area (Å²) in [6.07, 6.45) is 1.55. The van der Waals surface area contributed by atoms with Gasteiger partial charge in [0.2, 0.25) is 0 Å². The lowest BCUT2D eigenvalue weighted by Crippen LogP contribution is -2.12. The van der Waals surface area contributed by atoms with Crippen LogP contribution in [0.15, 0.2) is 42.6 Å². The van der Waals surface area contributed by atoms with Crippen LogP contribution in [-0.4, -0.2) is 18.3 Å². The van der Waals surface area contributed by atoms with Crippen LogP contribution in [0.3, 0.4) is 0 Å². The second kappa shape index (κ2) is 5.45. The Labute approximate surface area is 113 Å². The summed E-state index contributed by atoms with van der Waals surface area (Å²) in [5.41, 5.74) is 6.81. The predicted molar refractivity (Wildman–Crippen MR) is 78.5 cm³/mol. The predicted octanol–water partition coefficient (Wildman–Crippen LogP) is 2.49. The summed E-state index contributed by atoms with van der Waals surface area (Å²) in [7, 11) is -2.45. The zero-order chi connectivity index (χ0) is 13.9. The summed E-state index contributed by atoms with van der Waals surface area (Å²) >= 11 is 0. The van der Waals surface area contributed by atoms with Gasteiger partial charge < -0.3 is 15.0 Å². The summed E-state index contributed by atoms with van der Waals surface area (Å²) in [5.74, 6) is 0.886. The first-order valence-electron chi connectivity index (χ1n) is 5.94. The number of hydrogen-bond donors (Lipinski definition) is 1. The van der Waals surface area contributed by atoms with E-state index >= 15 is 0 Å². The van der Waals surface area contributed by atoms with Crippen LogP contribution in [-0.2, 0) is 11.2 Å². The lowest BCUT2D eigenvalue weighted by molar-refractivity contribution is 0.305. The van der Waals surface area contributed by atoms with Gasteiger partial charge in [0.1, 0.15) is 25.3 Å². The normalized spacial score (nSPS) is 11.3. The molecule has 0 radical (unpaired) electrons. The fourth-order valence-corrected chi connectivity index (χ4v) is 2.74. The molecule has 0 spiro atoms. The molecule has 0 amide bonds. The molecule has 0 fully saturated rings. The minimum atomic E-state index is -2.45. The van der Waals surface area contributed by atoms with E-state index in [2.05, 4.69) is 4.98 Å². The first kappa shape index (κ1) is 13.6. The van der Waals surface area contributed by atoms with Gasteiger partial charge in [0.05, 0.1) is 11.5 Å². The number of anilines is 1. The number of pyridine rings is 1. The molecule has 0 atom stereocenters. The van der Waals surface area contributed by atoms with Gasteiger partial charge in [-0.15, -0.1) is 0 Å². The summed E-state index contributed by atoms with van der Waals surface area (Å²) in [6.45, 7) is 3.78. The molecule has 1 aromatic heterocycles. The molecule has 5 heteroatoms. The zero-order valence-electron chi connectivity index (χ0n) is 11.0. The van der Waals surface area contributed by atoms with Crippen LogP contribution in [0.2, 0.25) is 0 Å². The van der Waals surface area contributed by atoms with Gasteiger partial charge in [0, 0.05) is 0 Å². The largest absolute Gasteiger partial charge is 0.487 e. The van der Waals surface area contributed by atoms with Crippen LogP contribution >= 0.6 is 7.14 Å². The average Bonchev–Trinajstić information content (AvgIpc) is 2.37. The van der Waals surface area contributed by atoms with Crippen molar-refractivity contribution in [1.29, 1.82) is 0 Å². The standard InChI is InChI=1S/C14H17N2O2P/c1-19(2,17)13-8-12(9-16-14(13)15)18-10-11-6-4-3-5-7-11/h3-9H,10H2,1-2H3,(H2,15,16). The molecule has 2 N–H and O–H groups in total. The van der Waals surface area contributed by atoms with Crippen LogP contribution in [0.5, 0.6) is 5.75 Å². The molecule has 1 aromatic carbocycles. The van der Waals surface area contributed by atoms with Crippen molar-refractivity contribution in [2.75, 3.05) is 19.1 Å². The quantitative estimate of drug-likeness (QED) is 0.871. The van der Waals surface area contributed by atoms with Gasteiger partial charge >= 0.3 is 0 Å². The van der Waals surface area contributed by atoms with Crippen LogP contribution in [0, 0.1) is 0 Å². The second-order valence-corrected chi connectivity index (χ2v) is 7.88. The number of nitrogens with zero attached hydrogens (tertiary/aromatic N) is 1. The van der Waals surface area contributed by atoms with Crippen molar-refractivity contribution in [2.45, 2.75) is 6.61 Å². The first-order chi connectivity index (χ1) is 8.97. The highest BCUT2D eigenvalue weighted by molar-refractivity contribution is 7.70. The topological polar surface area (TPSA) is 65.2 Å². The second-order valence-electron chi connectivity index (χ2n) is 4.70. The molecule has 0 aliphatic heterocycles. The van der Waals surface area contributed by atoms with E-state index < -0.39 is 7.14 Å². The van der Waals surface area contributed by atoms with Crippen LogP contribution in [0.1, 0.15) is 5.56 Å². The van der Waals surface area contributed by atoms with Crippen molar-refractivity contribution in [1.82, 2.24) is 4.98 Å². The minimum absolute atomic E-state index is 0.306. The van der Waals surface area contributed by atoms with Gasteiger partial charge in [0.15, 0.2) is 0 Å². The number of hydrogen-bond acceptors (Lipinski definition) is 4. The van der Waals surface area contributed by atoms with Gasteiger partial charge in [-0.1, -0.05) is 30.3 Å². The molecule has 0 aliphatic rings. The summed E-state index contributed by atoms with van der Waals surface area (Å²) in [4.78, 5) is 4.04. The Morgan fingerprint density at radius 1 is 1.26 bits per heavy atom.